The molecule has 104 valence electrons. The summed E-state index contributed by atoms with van der Waals surface area (Å²) in [5, 5.41) is 0. The van der Waals surface area contributed by atoms with Gasteiger partial charge < -0.3 is 4.74 Å². The van der Waals surface area contributed by atoms with Crippen molar-refractivity contribution in [2.45, 2.75) is 64.1 Å². The number of ether oxygens (including phenoxy) is 1. The molecule has 1 aromatic carbocycles. The van der Waals surface area contributed by atoms with E-state index in [0.29, 0.717) is 6.10 Å². The third-order valence-electron chi connectivity index (χ3n) is 3.91. The Bertz CT molecular complexity index is 382. The minimum atomic E-state index is 0.276. The molecule has 2 atom stereocenters. The lowest BCUT2D eigenvalue weighted by atomic mass is 10.0. The van der Waals surface area contributed by atoms with Gasteiger partial charge in [-0.3, -0.25) is 0 Å². The van der Waals surface area contributed by atoms with Gasteiger partial charge in [0.05, 0.1) is 6.10 Å². The summed E-state index contributed by atoms with van der Waals surface area (Å²) in [6.07, 6.45) is 10.0. The van der Waals surface area contributed by atoms with E-state index in [1.54, 1.807) is 0 Å². The molecule has 0 spiro atoms. The molecule has 0 radical (unpaired) electrons. The van der Waals surface area contributed by atoms with Gasteiger partial charge in [-0.05, 0) is 17.6 Å². The molecule has 0 aliphatic carbocycles. The van der Waals surface area contributed by atoms with Gasteiger partial charge in [0.25, 0.3) is 0 Å². The number of hydrogen-bond acceptors (Lipinski definition) is 1. The van der Waals surface area contributed by atoms with E-state index in [2.05, 4.69) is 37.8 Å². The van der Waals surface area contributed by atoms with Crippen LogP contribution < -0.4 is 0 Å². The second kappa shape index (κ2) is 7.49. The molecular formula is C18H26O. The molecule has 0 aromatic heterocycles. The third kappa shape index (κ3) is 4.50. The number of hydrogen-bond donors (Lipinski definition) is 0. The molecule has 1 fully saturated rings. The van der Waals surface area contributed by atoms with Gasteiger partial charge in [-0.1, -0.05) is 82.4 Å². The lowest BCUT2D eigenvalue weighted by Crippen LogP contribution is -1.97. The predicted molar refractivity (Wildman–Crippen MR) is 82.1 cm³/mol. The zero-order chi connectivity index (χ0) is 13.5. The monoisotopic (exact) mass is 258 g/mol. The lowest BCUT2D eigenvalue weighted by molar-refractivity contribution is 0.374. The van der Waals surface area contributed by atoms with Crippen LogP contribution in [0.1, 0.15) is 57.4 Å². The molecule has 0 amide bonds. The Morgan fingerprint density at radius 3 is 2.47 bits per heavy atom. The van der Waals surface area contributed by atoms with Gasteiger partial charge in [0.15, 0.2) is 0 Å². The zero-order valence-corrected chi connectivity index (χ0v) is 12.1. The van der Waals surface area contributed by atoms with Gasteiger partial charge in [-0.25, -0.2) is 0 Å². The summed E-state index contributed by atoms with van der Waals surface area (Å²) in [7, 11) is 0. The summed E-state index contributed by atoms with van der Waals surface area (Å²) in [4.78, 5) is 0. The number of rotatable bonds is 9. The maximum Gasteiger partial charge on any atom is 0.109 e. The van der Waals surface area contributed by atoms with Crippen molar-refractivity contribution in [1.82, 2.24) is 0 Å². The van der Waals surface area contributed by atoms with Crippen LogP contribution >= 0.6 is 0 Å². The molecule has 0 bridgehead atoms. The average molecular weight is 258 g/mol. The first-order valence-corrected chi connectivity index (χ1v) is 7.72. The highest BCUT2D eigenvalue weighted by molar-refractivity contribution is 5.69. The molecule has 1 heteroatoms. The Labute approximate surface area is 117 Å². The Hall–Kier alpha value is -1.08. The summed E-state index contributed by atoms with van der Waals surface area (Å²) in [5.41, 5.74) is 2.37. The Balaban J connectivity index is 1.61. The van der Waals surface area contributed by atoms with Crippen molar-refractivity contribution >= 4 is 5.57 Å². The van der Waals surface area contributed by atoms with E-state index < -0.39 is 0 Å². The van der Waals surface area contributed by atoms with Crippen LogP contribution in [0.5, 0.6) is 0 Å². The van der Waals surface area contributed by atoms with E-state index in [1.807, 2.05) is 6.07 Å². The number of unbranched alkanes of at least 4 members (excludes halogenated alkanes) is 5. The van der Waals surface area contributed by atoms with Gasteiger partial charge >= 0.3 is 0 Å². The van der Waals surface area contributed by atoms with Crippen molar-refractivity contribution in [1.29, 1.82) is 0 Å². The maximum atomic E-state index is 5.76. The van der Waals surface area contributed by atoms with Crippen LogP contribution in [0.25, 0.3) is 5.57 Å². The maximum absolute atomic E-state index is 5.76. The molecule has 0 unspecified atom stereocenters. The Morgan fingerprint density at radius 2 is 1.74 bits per heavy atom. The molecule has 1 saturated heterocycles. The van der Waals surface area contributed by atoms with Crippen LogP contribution in [-0.4, -0.2) is 12.2 Å². The molecular weight excluding hydrogens is 232 g/mol. The normalized spacial score (nSPS) is 21.3. The zero-order valence-electron chi connectivity index (χ0n) is 12.1. The molecule has 0 N–H and O–H groups in total. The highest BCUT2D eigenvalue weighted by atomic mass is 16.6. The van der Waals surface area contributed by atoms with E-state index >= 15 is 0 Å². The molecule has 1 heterocycles. The van der Waals surface area contributed by atoms with E-state index in [4.69, 9.17) is 4.74 Å². The topological polar surface area (TPSA) is 12.5 Å². The molecule has 1 aliphatic rings. The van der Waals surface area contributed by atoms with Gasteiger partial charge in [0.1, 0.15) is 6.10 Å². The van der Waals surface area contributed by atoms with Crippen LogP contribution in [0.2, 0.25) is 0 Å². The van der Waals surface area contributed by atoms with Crippen molar-refractivity contribution in [3.8, 4) is 0 Å². The van der Waals surface area contributed by atoms with Gasteiger partial charge in [-0.2, -0.15) is 0 Å². The smallest absolute Gasteiger partial charge is 0.109 e. The summed E-state index contributed by atoms with van der Waals surface area (Å²) in [6, 6.07) is 10.4. The fourth-order valence-corrected chi connectivity index (χ4v) is 2.61. The molecule has 1 aromatic rings. The molecule has 0 saturated carbocycles. The Kier molecular flexibility index (Phi) is 5.65. The number of epoxide rings is 1. The van der Waals surface area contributed by atoms with E-state index in [0.717, 1.165) is 5.57 Å². The minimum absolute atomic E-state index is 0.276. The minimum Gasteiger partial charge on any atom is -0.365 e. The van der Waals surface area contributed by atoms with Crippen molar-refractivity contribution in [3.63, 3.8) is 0 Å². The first-order valence-electron chi connectivity index (χ1n) is 7.72. The van der Waals surface area contributed by atoms with Crippen LogP contribution in [-0.2, 0) is 4.74 Å². The SMILES string of the molecule is C=C(c1ccccc1)[C@@H]1O[C@H]1CCCCCCCC. The molecule has 1 aliphatic heterocycles. The fourth-order valence-electron chi connectivity index (χ4n) is 2.61. The van der Waals surface area contributed by atoms with Gasteiger partial charge in [-0.15, -0.1) is 0 Å². The average Bonchev–Trinajstić information content (AvgIpc) is 3.22. The number of benzene rings is 1. The van der Waals surface area contributed by atoms with E-state index in [1.165, 1.54) is 50.5 Å². The van der Waals surface area contributed by atoms with Crippen LogP contribution in [0.15, 0.2) is 36.9 Å². The lowest BCUT2D eigenvalue weighted by Gasteiger charge is -2.02. The van der Waals surface area contributed by atoms with Crippen molar-refractivity contribution in [2.24, 2.45) is 0 Å². The third-order valence-corrected chi connectivity index (χ3v) is 3.91. The van der Waals surface area contributed by atoms with Gasteiger partial charge in [0.2, 0.25) is 0 Å². The predicted octanol–water partition coefficient (Wildman–Crippen LogP) is 5.22. The van der Waals surface area contributed by atoms with Crippen LogP contribution in [0, 0.1) is 0 Å². The Morgan fingerprint density at radius 1 is 1.05 bits per heavy atom. The van der Waals surface area contributed by atoms with Crippen molar-refractivity contribution in [3.05, 3.63) is 42.5 Å². The highest BCUT2D eigenvalue weighted by Gasteiger charge is 2.40. The molecule has 1 nitrogen and oxygen atoms in total. The quantitative estimate of drug-likeness (QED) is 0.437. The second-order valence-electron chi connectivity index (χ2n) is 5.54. The van der Waals surface area contributed by atoms with Crippen LogP contribution in [0.3, 0.4) is 0 Å². The standard InChI is InChI=1S/C18H26O/c1-3-4-5-6-7-11-14-17-18(19-17)15(2)16-12-9-8-10-13-16/h8-10,12-13,17-18H,2-7,11,14H2,1H3/t17-,18-/m0/s1. The van der Waals surface area contributed by atoms with E-state index in [9.17, 15) is 0 Å². The van der Waals surface area contributed by atoms with Crippen LogP contribution in [0.4, 0.5) is 0 Å². The second-order valence-corrected chi connectivity index (χ2v) is 5.54. The summed E-state index contributed by atoms with van der Waals surface area (Å²) >= 11 is 0. The van der Waals surface area contributed by atoms with E-state index in [-0.39, 0.29) is 6.10 Å². The largest absolute Gasteiger partial charge is 0.365 e. The fraction of sp³-hybridized carbons (Fsp3) is 0.556. The highest BCUT2D eigenvalue weighted by Crippen LogP contribution is 2.37. The van der Waals surface area contributed by atoms with Crippen molar-refractivity contribution in [2.75, 3.05) is 0 Å². The van der Waals surface area contributed by atoms with Gasteiger partial charge in [0, 0.05) is 0 Å². The summed E-state index contributed by atoms with van der Waals surface area (Å²) in [5.74, 6) is 0. The first-order chi connectivity index (χ1) is 9.33. The summed E-state index contributed by atoms with van der Waals surface area (Å²) in [6.45, 7) is 6.44. The van der Waals surface area contributed by atoms with Crippen molar-refractivity contribution < 1.29 is 4.74 Å². The molecule has 2 rings (SSSR count). The first kappa shape index (κ1) is 14.3. The molecule has 19 heavy (non-hydrogen) atoms. The summed E-state index contributed by atoms with van der Waals surface area (Å²) < 4.78 is 5.76.